The predicted octanol–water partition coefficient (Wildman–Crippen LogP) is 3.88. The van der Waals surface area contributed by atoms with Gasteiger partial charge in [0, 0.05) is 5.69 Å². The lowest BCUT2D eigenvalue weighted by Crippen LogP contribution is -2.35. The van der Waals surface area contributed by atoms with E-state index in [0.717, 1.165) is 21.8 Å². The molecule has 2 heterocycles. The number of nitrogens with one attached hydrogen (secondary N) is 2. The van der Waals surface area contributed by atoms with Gasteiger partial charge in [0.15, 0.2) is 0 Å². The Morgan fingerprint density at radius 3 is 2.64 bits per heavy atom. The Balaban J connectivity index is 1.57. The third-order valence-electron chi connectivity index (χ3n) is 3.91. The number of rotatable bonds is 4. The Kier molecular flexibility index (Phi) is 5.00. The molecule has 0 unspecified atom stereocenters. The van der Waals surface area contributed by atoms with Crippen LogP contribution in [0.25, 0.3) is 10.6 Å². The van der Waals surface area contributed by atoms with Gasteiger partial charge in [0.2, 0.25) is 0 Å². The molecule has 0 radical (unpaired) electrons. The van der Waals surface area contributed by atoms with Gasteiger partial charge in [0.05, 0.1) is 11.4 Å². The van der Waals surface area contributed by atoms with Gasteiger partial charge in [-0.25, -0.2) is 0 Å². The summed E-state index contributed by atoms with van der Waals surface area (Å²) in [6.07, 6.45) is 0. The van der Waals surface area contributed by atoms with Gasteiger partial charge in [0.25, 0.3) is 0 Å². The minimum absolute atomic E-state index is 0.157. The monoisotopic (exact) mass is 354 g/mol. The van der Waals surface area contributed by atoms with E-state index >= 15 is 0 Å². The lowest BCUT2D eigenvalue weighted by Gasteiger charge is -2.10. The second-order valence-electron chi connectivity index (χ2n) is 5.63. The van der Waals surface area contributed by atoms with Gasteiger partial charge in [-0.1, -0.05) is 18.2 Å². The topological polar surface area (TPSA) is 71.3 Å². The molecule has 25 heavy (non-hydrogen) atoms. The van der Waals surface area contributed by atoms with Crippen molar-refractivity contribution in [2.75, 3.05) is 5.32 Å². The molecular weight excluding hydrogens is 336 g/mol. The van der Waals surface area contributed by atoms with Crippen molar-refractivity contribution < 1.29 is 14.0 Å². The fraction of sp³-hybridized carbons (Fsp3) is 0.158. The van der Waals surface area contributed by atoms with Gasteiger partial charge in [-0.15, -0.1) is 11.3 Å². The SMILES string of the molecule is Cc1cccc(NC(=O)C(=O)NCc2ccc(-c3cccs3)o2)c1C. The minimum atomic E-state index is -0.699. The first-order chi connectivity index (χ1) is 12.0. The third-order valence-corrected chi connectivity index (χ3v) is 4.79. The minimum Gasteiger partial charge on any atom is -0.458 e. The van der Waals surface area contributed by atoms with Crippen molar-refractivity contribution in [2.45, 2.75) is 20.4 Å². The first-order valence-corrected chi connectivity index (χ1v) is 8.70. The molecule has 0 atom stereocenters. The first-order valence-electron chi connectivity index (χ1n) is 7.82. The summed E-state index contributed by atoms with van der Waals surface area (Å²) in [5.41, 5.74) is 2.63. The first kappa shape index (κ1) is 17.0. The Morgan fingerprint density at radius 2 is 1.88 bits per heavy atom. The fourth-order valence-electron chi connectivity index (χ4n) is 2.34. The van der Waals surface area contributed by atoms with E-state index in [1.807, 2.05) is 49.6 Å². The molecule has 1 aromatic carbocycles. The van der Waals surface area contributed by atoms with Crippen molar-refractivity contribution in [1.29, 1.82) is 0 Å². The van der Waals surface area contributed by atoms with E-state index in [4.69, 9.17) is 4.42 Å². The van der Waals surface area contributed by atoms with Crippen LogP contribution >= 0.6 is 11.3 Å². The summed E-state index contributed by atoms with van der Waals surface area (Å²) in [4.78, 5) is 25.0. The number of thiophene rings is 1. The van der Waals surface area contributed by atoms with Crippen LogP contribution in [0.4, 0.5) is 5.69 Å². The lowest BCUT2D eigenvalue weighted by atomic mass is 10.1. The summed E-state index contributed by atoms with van der Waals surface area (Å²) in [6, 6.07) is 13.1. The molecule has 5 nitrogen and oxygen atoms in total. The summed E-state index contributed by atoms with van der Waals surface area (Å²) in [6.45, 7) is 4.01. The third kappa shape index (κ3) is 3.97. The fourth-order valence-corrected chi connectivity index (χ4v) is 3.02. The zero-order valence-electron chi connectivity index (χ0n) is 14.0. The highest BCUT2D eigenvalue weighted by atomic mass is 32.1. The van der Waals surface area contributed by atoms with Crippen LogP contribution in [0, 0.1) is 13.8 Å². The second kappa shape index (κ2) is 7.36. The lowest BCUT2D eigenvalue weighted by molar-refractivity contribution is -0.136. The number of hydrogen-bond donors (Lipinski definition) is 2. The van der Waals surface area contributed by atoms with E-state index in [0.29, 0.717) is 11.4 Å². The zero-order chi connectivity index (χ0) is 17.8. The van der Waals surface area contributed by atoms with E-state index < -0.39 is 11.8 Å². The average Bonchev–Trinajstić information content (AvgIpc) is 3.27. The van der Waals surface area contributed by atoms with Crippen LogP contribution in [0.15, 0.2) is 52.3 Å². The summed E-state index contributed by atoms with van der Waals surface area (Å²) in [5, 5.41) is 7.17. The van der Waals surface area contributed by atoms with E-state index in [9.17, 15) is 9.59 Å². The van der Waals surface area contributed by atoms with Gasteiger partial charge in [-0.3, -0.25) is 9.59 Å². The Labute approximate surface area is 149 Å². The van der Waals surface area contributed by atoms with Gasteiger partial charge in [0.1, 0.15) is 11.5 Å². The second-order valence-corrected chi connectivity index (χ2v) is 6.58. The highest BCUT2D eigenvalue weighted by Gasteiger charge is 2.15. The van der Waals surface area contributed by atoms with Crippen molar-refractivity contribution in [3.63, 3.8) is 0 Å². The molecule has 3 aromatic rings. The molecule has 2 N–H and O–H groups in total. The molecule has 0 saturated carbocycles. The Bertz CT molecular complexity index is 897. The van der Waals surface area contributed by atoms with E-state index in [2.05, 4.69) is 10.6 Å². The normalized spacial score (nSPS) is 10.5. The van der Waals surface area contributed by atoms with Gasteiger partial charge in [-0.05, 0) is 54.6 Å². The van der Waals surface area contributed by atoms with E-state index in [1.165, 1.54) is 0 Å². The molecule has 128 valence electrons. The number of furan rings is 1. The highest BCUT2D eigenvalue weighted by molar-refractivity contribution is 7.13. The standard InChI is InChI=1S/C19H18N2O3S/c1-12-5-3-6-15(13(12)2)21-19(23)18(22)20-11-14-8-9-16(24-14)17-7-4-10-25-17/h3-10H,11H2,1-2H3,(H,20,22)(H,21,23). The summed E-state index contributed by atoms with van der Waals surface area (Å²) in [5.74, 6) is -0.0518. The Morgan fingerprint density at radius 1 is 1.04 bits per heavy atom. The molecule has 0 spiro atoms. The molecular formula is C19H18N2O3S. The van der Waals surface area contributed by atoms with Crippen LogP contribution in [0.5, 0.6) is 0 Å². The number of carbonyl (C=O) groups is 2. The number of amides is 2. The zero-order valence-corrected chi connectivity index (χ0v) is 14.8. The molecule has 0 saturated heterocycles. The van der Waals surface area contributed by atoms with Crippen molar-refractivity contribution in [2.24, 2.45) is 0 Å². The van der Waals surface area contributed by atoms with Crippen LogP contribution in [0.3, 0.4) is 0 Å². The molecule has 0 aliphatic rings. The number of benzene rings is 1. The van der Waals surface area contributed by atoms with Crippen LogP contribution < -0.4 is 10.6 Å². The van der Waals surface area contributed by atoms with Gasteiger partial charge < -0.3 is 15.1 Å². The van der Waals surface area contributed by atoms with Crippen molar-refractivity contribution in [3.8, 4) is 10.6 Å². The largest absolute Gasteiger partial charge is 0.458 e. The maximum Gasteiger partial charge on any atom is 0.313 e. The van der Waals surface area contributed by atoms with Gasteiger partial charge >= 0.3 is 11.8 Å². The highest BCUT2D eigenvalue weighted by Crippen LogP contribution is 2.26. The number of anilines is 1. The molecule has 0 aliphatic heterocycles. The Hall–Kier alpha value is -2.86. The molecule has 6 heteroatoms. The summed E-state index contributed by atoms with van der Waals surface area (Å²) >= 11 is 1.58. The average molecular weight is 354 g/mol. The van der Waals surface area contributed by atoms with Crippen molar-refractivity contribution in [3.05, 3.63) is 64.7 Å². The van der Waals surface area contributed by atoms with Crippen molar-refractivity contribution >= 4 is 28.8 Å². The van der Waals surface area contributed by atoms with Crippen LogP contribution in [0.1, 0.15) is 16.9 Å². The smallest absolute Gasteiger partial charge is 0.313 e. The van der Waals surface area contributed by atoms with Crippen LogP contribution in [0.2, 0.25) is 0 Å². The number of aryl methyl sites for hydroxylation is 1. The molecule has 3 rings (SSSR count). The molecule has 0 fully saturated rings. The molecule has 0 bridgehead atoms. The summed E-state index contributed by atoms with van der Waals surface area (Å²) < 4.78 is 5.68. The quantitative estimate of drug-likeness (QED) is 0.699. The number of carbonyl (C=O) groups excluding carboxylic acids is 2. The molecule has 2 aromatic heterocycles. The number of hydrogen-bond acceptors (Lipinski definition) is 4. The van der Waals surface area contributed by atoms with Gasteiger partial charge in [-0.2, -0.15) is 0 Å². The molecule has 2 amide bonds. The van der Waals surface area contributed by atoms with Crippen LogP contribution in [-0.4, -0.2) is 11.8 Å². The summed E-state index contributed by atoms with van der Waals surface area (Å²) in [7, 11) is 0. The maximum atomic E-state index is 12.0. The molecule has 0 aliphatic carbocycles. The van der Waals surface area contributed by atoms with Crippen LogP contribution in [-0.2, 0) is 16.1 Å². The van der Waals surface area contributed by atoms with E-state index in [1.54, 1.807) is 23.5 Å². The van der Waals surface area contributed by atoms with Crippen molar-refractivity contribution in [1.82, 2.24) is 5.32 Å². The maximum absolute atomic E-state index is 12.0. The van der Waals surface area contributed by atoms with E-state index in [-0.39, 0.29) is 6.54 Å². The predicted molar refractivity (Wildman–Crippen MR) is 98.4 cm³/mol.